The number of aryl methyl sites for hydroxylation is 2. The normalized spacial score (nSPS) is 11.6. The minimum Gasteiger partial charge on any atom is -0.508 e. The average molecular weight is 523 g/mol. The van der Waals surface area contributed by atoms with Crippen molar-refractivity contribution < 1.29 is 19.4 Å². The van der Waals surface area contributed by atoms with Crippen molar-refractivity contribution in [1.29, 1.82) is 0 Å². The zero-order valence-corrected chi connectivity index (χ0v) is 22.9. The molecule has 0 radical (unpaired) electrons. The molecule has 4 aromatic rings. The van der Waals surface area contributed by atoms with Crippen LogP contribution in [0.15, 0.2) is 91.0 Å². The lowest BCUT2D eigenvalue weighted by Gasteiger charge is -2.28. The molecule has 0 fully saturated rings. The Bertz CT molecular complexity index is 1440. The van der Waals surface area contributed by atoms with E-state index in [4.69, 9.17) is 4.74 Å². The number of nitrogens with one attached hydrogen (secondary N) is 1. The van der Waals surface area contributed by atoms with Crippen molar-refractivity contribution in [3.8, 4) is 17.2 Å². The van der Waals surface area contributed by atoms with E-state index in [1.54, 1.807) is 43.4 Å². The Morgan fingerprint density at radius 3 is 2.03 bits per heavy atom. The summed E-state index contributed by atoms with van der Waals surface area (Å²) < 4.78 is 6.20. The maximum absolute atomic E-state index is 13.7. The monoisotopic (exact) mass is 522 g/mol. The van der Waals surface area contributed by atoms with Gasteiger partial charge >= 0.3 is 0 Å². The number of phenols is 1. The summed E-state index contributed by atoms with van der Waals surface area (Å²) in [6.07, 6.45) is 0. The summed E-state index contributed by atoms with van der Waals surface area (Å²) in [5.41, 5.74) is 4.33. The molecule has 0 spiro atoms. The average Bonchev–Trinajstić information content (AvgIpc) is 2.92. The Morgan fingerprint density at radius 2 is 1.44 bits per heavy atom. The van der Waals surface area contributed by atoms with Gasteiger partial charge < -0.3 is 20.1 Å². The van der Waals surface area contributed by atoms with Crippen molar-refractivity contribution >= 4 is 17.5 Å². The molecule has 0 aliphatic heterocycles. The Hall–Kier alpha value is -4.58. The van der Waals surface area contributed by atoms with Crippen LogP contribution >= 0.6 is 0 Å². The van der Waals surface area contributed by atoms with Gasteiger partial charge in [-0.2, -0.15) is 0 Å². The number of phenolic OH excluding ortho intramolecular Hbond substituents is 1. The van der Waals surface area contributed by atoms with E-state index < -0.39 is 6.04 Å². The van der Waals surface area contributed by atoms with E-state index in [1.807, 2.05) is 82.3 Å². The molecule has 0 aliphatic carbocycles. The van der Waals surface area contributed by atoms with Crippen LogP contribution in [0.5, 0.6) is 17.2 Å². The zero-order valence-electron chi connectivity index (χ0n) is 22.9. The van der Waals surface area contributed by atoms with Crippen LogP contribution in [0.4, 0.5) is 5.69 Å². The number of aromatic hydroxyl groups is 1. The van der Waals surface area contributed by atoms with Crippen LogP contribution < -0.4 is 10.1 Å². The van der Waals surface area contributed by atoms with Gasteiger partial charge in [-0.15, -0.1) is 0 Å². The van der Waals surface area contributed by atoms with Crippen molar-refractivity contribution in [2.45, 2.75) is 39.7 Å². The van der Waals surface area contributed by atoms with Crippen LogP contribution in [-0.4, -0.2) is 28.9 Å². The van der Waals surface area contributed by atoms with Crippen LogP contribution in [0.3, 0.4) is 0 Å². The first-order chi connectivity index (χ1) is 18.7. The first kappa shape index (κ1) is 27.5. The SMILES string of the molecule is Cc1cc(NC(=O)[C@H](c2ccccc2)N(C)C(=O)c2ccccc2)cc(C)c1Oc1ccc(O)c(C(C)C)c1. The molecule has 200 valence electrons. The molecule has 0 saturated carbocycles. The van der Waals surface area contributed by atoms with E-state index in [-0.39, 0.29) is 23.5 Å². The smallest absolute Gasteiger partial charge is 0.254 e. The Labute approximate surface area is 229 Å². The fourth-order valence-electron chi connectivity index (χ4n) is 4.66. The fraction of sp³-hybridized carbons (Fsp3) is 0.212. The molecule has 0 saturated heterocycles. The highest BCUT2D eigenvalue weighted by atomic mass is 16.5. The lowest BCUT2D eigenvalue weighted by molar-refractivity contribution is -0.120. The number of hydrogen-bond acceptors (Lipinski definition) is 4. The minimum absolute atomic E-state index is 0.151. The van der Waals surface area contributed by atoms with Gasteiger partial charge in [0.2, 0.25) is 0 Å². The molecular weight excluding hydrogens is 488 g/mol. The van der Waals surface area contributed by atoms with Crippen LogP contribution in [0.1, 0.15) is 58.4 Å². The number of nitrogens with zero attached hydrogens (tertiary/aromatic N) is 1. The first-order valence-electron chi connectivity index (χ1n) is 13.0. The Kier molecular flexibility index (Phi) is 8.35. The first-order valence-corrected chi connectivity index (χ1v) is 13.0. The van der Waals surface area contributed by atoms with Crippen LogP contribution in [-0.2, 0) is 4.79 Å². The molecule has 0 unspecified atom stereocenters. The molecular formula is C33H34N2O4. The number of hydrogen-bond donors (Lipinski definition) is 2. The third-order valence-electron chi connectivity index (χ3n) is 6.66. The van der Waals surface area contributed by atoms with Crippen LogP contribution in [0, 0.1) is 13.8 Å². The summed E-state index contributed by atoms with van der Waals surface area (Å²) in [7, 11) is 1.64. The Morgan fingerprint density at radius 1 is 0.846 bits per heavy atom. The van der Waals surface area contributed by atoms with E-state index >= 15 is 0 Å². The van der Waals surface area contributed by atoms with Crippen LogP contribution in [0.2, 0.25) is 0 Å². The summed E-state index contributed by atoms with van der Waals surface area (Å²) in [6.45, 7) is 7.86. The predicted molar refractivity (Wildman–Crippen MR) is 155 cm³/mol. The molecule has 6 nitrogen and oxygen atoms in total. The number of rotatable bonds is 8. The highest BCUT2D eigenvalue weighted by Gasteiger charge is 2.29. The maximum Gasteiger partial charge on any atom is 0.254 e. The molecule has 1 atom stereocenters. The number of carbonyl (C=O) groups excluding carboxylic acids is 2. The van der Waals surface area contributed by atoms with E-state index in [0.717, 1.165) is 16.7 Å². The molecule has 6 heteroatoms. The van der Waals surface area contributed by atoms with E-state index in [1.165, 1.54) is 4.90 Å². The summed E-state index contributed by atoms with van der Waals surface area (Å²) >= 11 is 0. The van der Waals surface area contributed by atoms with E-state index in [2.05, 4.69) is 5.32 Å². The maximum atomic E-state index is 13.7. The minimum atomic E-state index is -0.832. The summed E-state index contributed by atoms with van der Waals surface area (Å²) in [4.78, 5) is 28.4. The lowest BCUT2D eigenvalue weighted by Crippen LogP contribution is -2.38. The Balaban J connectivity index is 1.59. The molecule has 39 heavy (non-hydrogen) atoms. The van der Waals surface area contributed by atoms with Gasteiger partial charge in [0.1, 0.15) is 23.3 Å². The van der Waals surface area contributed by atoms with Gasteiger partial charge in [0.15, 0.2) is 0 Å². The van der Waals surface area contributed by atoms with Gasteiger partial charge in [0.05, 0.1) is 0 Å². The second kappa shape index (κ2) is 11.9. The highest BCUT2D eigenvalue weighted by molar-refractivity contribution is 6.01. The quantitative estimate of drug-likeness (QED) is 0.253. The second-order valence-electron chi connectivity index (χ2n) is 10.0. The summed E-state index contributed by atoms with van der Waals surface area (Å²) in [5.74, 6) is 1.14. The molecule has 0 aromatic heterocycles. The van der Waals surface area contributed by atoms with Crippen molar-refractivity contribution in [2.24, 2.45) is 0 Å². The summed E-state index contributed by atoms with van der Waals surface area (Å²) in [6, 6.07) is 26.3. The van der Waals surface area contributed by atoms with Crippen molar-refractivity contribution in [2.75, 3.05) is 12.4 Å². The van der Waals surface area contributed by atoms with Crippen molar-refractivity contribution in [3.05, 3.63) is 119 Å². The van der Waals surface area contributed by atoms with Gasteiger partial charge in [0.25, 0.3) is 11.8 Å². The summed E-state index contributed by atoms with van der Waals surface area (Å²) in [5, 5.41) is 13.2. The number of ether oxygens (including phenoxy) is 1. The fourth-order valence-corrected chi connectivity index (χ4v) is 4.66. The number of likely N-dealkylation sites (N-methyl/N-ethyl adjacent to an activating group) is 1. The third-order valence-corrected chi connectivity index (χ3v) is 6.66. The zero-order chi connectivity index (χ0) is 28.1. The van der Waals surface area contributed by atoms with E-state index in [9.17, 15) is 14.7 Å². The van der Waals surface area contributed by atoms with E-state index in [0.29, 0.717) is 28.3 Å². The molecule has 4 aromatic carbocycles. The van der Waals surface area contributed by atoms with Crippen molar-refractivity contribution in [3.63, 3.8) is 0 Å². The highest BCUT2D eigenvalue weighted by Crippen LogP contribution is 2.35. The van der Waals surface area contributed by atoms with Crippen molar-refractivity contribution in [1.82, 2.24) is 4.90 Å². The molecule has 4 rings (SSSR count). The largest absolute Gasteiger partial charge is 0.508 e. The number of carbonyl (C=O) groups is 2. The number of amides is 2. The van der Waals surface area contributed by atoms with Gasteiger partial charge in [-0.05, 0) is 78.9 Å². The number of benzene rings is 4. The lowest BCUT2D eigenvalue weighted by atomic mass is 10.0. The van der Waals surface area contributed by atoms with Crippen LogP contribution in [0.25, 0.3) is 0 Å². The van der Waals surface area contributed by atoms with Gasteiger partial charge in [-0.3, -0.25) is 9.59 Å². The molecule has 0 aliphatic rings. The number of anilines is 1. The molecule has 0 heterocycles. The second-order valence-corrected chi connectivity index (χ2v) is 10.0. The standard InChI is InChI=1S/C33H34N2O4/c1-21(2)28-20-27(16-17-29(28)36)39-31-22(3)18-26(19-23(31)4)34-32(37)30(24-12-8-6-9-13-24)35(5)33(38)25-14-10-7-11-15-25/h6-21,30,36H,1-5H3,(H,34,37)/t30-/m0/s1. The topological polar surface area (TPSA) is 78.9 Å². The molecule has 0 bridgehead atoms. The molecule has 2 amide bonds. The van der Waals surface area contributed by atoms with Gasteiger partial charge in [-0.25, -0.2) is 0 Å². The predicted octanol–water partition coefficient (Wildman–Crippen LogP) is 7.38. The third kappa shape index (κ3) is 6.29. The van der Waals surface area contributed by atoms with Gasteiger partial charge in [-0.1, -0.05) is 62.4 Å². The molecule has 2 N–H and O–H groups in total. The van der Waals surface area contributed by atoms with Gasteiger partial charge in [0, 0.05) is 23.9 Å².